The molecule has 3 atom stereocenters. The largest absolute Gasteiger partial charge is 0.480 e. The maximum atomic E-state index is 12.3. The van der Waals surface area contributed by atoms with Gasteiger partial charge in [0.15, 0.2) is 0 Å². The number of rotatable bonds is 4. The second-order valence-corrected chi connectivity index (χ2v) is 7.71. The second-order valence-electron chi connectivity index (χ2n) is 7.71. The van der Waals surface area contributed by atoms with Gasteiger partial charge in [-0.1, -0.05) is 29.8 Å². The Morgan fingerprint density at radius 2 is 1.88 bits per heavy atom. The number of aliphatic carboxylic acids is 1. The van der Waals surface area contributed by atoms with E-state index >= 15 is 0 Å². The molecule has 0 spiro atoms. The van der Waals surface area contributed by atoms with Crippen LogP contribution < -0.4 is 5.73 Å². The lowest BCUT2D eigenvalue weighted by Gasteiger charge is -2.40. The minimum absolute atomic E-state index is 0.259. The smallest absolute Gasteiger partial charge is 0.325 e. The number of hydrogen-bond acceptors (Lipinski definition) is 5. The van der Waals surface area contributed by atoms with Crippen LogP contribution in [0.4, 0.5) is 0 Å². The van der Waals surface area contributed by atoms with Crippen LogP contribution in [0.1, 0.15) is 50.8 Å². The molecule has 1 aliphatic rings. The van der Waals surface area contributed by atoms with Crippen LogP contribution >= 0.6 is 0 Å². The molecule has 1 aliphatic heterocycles. The van der Waals surface area contributed by atoms with Crippen molar-refractivity contribution in [2.45, 2.75) is 58.3 Å². The lowest BCUT2D eigenvalue weighted by Crippen LogP contribution is -2.52. The minimum atomic E-state index is -0.935. The SMILES string of the molecule is Cc1ccc([C@H](C(=O)O)N2CC[C@@H](C(=O)OC(C)(C)C)C[C@@H]2N)cc1. The molecule has 1 saturated heterocycles. The van der Waals surface area contributed by atoms with Crippen LogP contribution in [0.2, 0.25) is 0 Å². The summed E-state index contributed by atoms with van der Waals surface area (Å²) in [5, 5.41) is 9.71. The zero-order valence-corrected chi connectivity index (χ0v) is 15.4. The van der Waals surface area contributed by atoms with Crippen LogP contribution in [-0.4, -0.2) is 40.3 Å². The topological polar surface area (TPSA) is 92.9 Å². The summed E-state index contributed by atoms with van der Waals surface area (Å²) in [6.45, 7) is 7.89. The van der Waals surface area contributed by atoms with E-state index in [1.165, 1.54) is 0 Å². The quantitative estimate of drug-likeness (QED) is 0.812. The third-order valence-corrected chi connectivity index (χ3v) is 4.39. The Morgan fingerprint density at radius 1 is 1.28 bits per heavy atom. The fourth-order valence-electron chi connectivity index (χ4n) is 3.16. The van der Waals surface area contributed by atoms with E-state index in [4.69, 9.17) is 10.5 Å². The fraction of sp³-hybridized carbons (Fsp3) is 0.579. The van der Waals surface area contributed by atoms with Crippen LogP contribution in [0.15, 0.2) is 24.3 Å². The maximum absolute atomic E-state index is 12.3. The van der Waals surface area contributed by atoms with Crippen molar-refractivity contribution in [3.05, 3.63) is 35.4 Å². The van der Waals surface area contributed by atoms with Gasteiger partial charge in [-0.05, 0) is 46.1 Å². The predicted octanol–water partition coefficient (Wildman–Crippen LogP) is 2.46. The van der Waals surface area contributed by atoms with E-state index in [-0.39, 0.29) is 11.9 Å². The van der Waals surface area contributed by atoms with E-state index in [2.05, 4.69) is 0 Å². The highest BCUT2D eigenvalue weighted by atomic mass is 16.6. The van der Waals surface area contributed by atoms with Gasteiger partial charge in [-0.3, -0.25) is 14.5 Å². The number of nitrogens with zero attached hydrogens (tertiary/aromatic N) is 1. The van der Waals surface area contributed by atoms with Crippen molar-refractivity contribution in [1.82, 2.24) is 4.90 Å². The maximum Gasteiger partial charge on any atom is 0.325 e. The number of benzene rings is 1. The van der Waals surface area contributed by atoms with Crippen molar-refractivity contribution in [2.75, 3.05) is 6.54 Å². The molecule has 2 rings (SSSR count). The van der Waals surface area contributed by atoms with Crippen molar-refractivity contribution in [2.24, 2.45) is 11.7 Å². The average molecular weight is 348 g/mol. The first-order valence-corrected chi connectivity index (χ1v) is 8.62. The number of carbonyl (C=O) groups is 2. The van der Waals surface area contributed by atoms with Crippen LogP contribution in [0, 0.1) is 12.8 Å². The lowest BCUT2D eigenvalue weighted by molar-refractivity contribution is -0.163. The number of piperidine rings is 1. The van der Waals surface area contributed by atoms with Crippen LogP contribution in [0.3, 0.4) is 0 Å². The van der Waals surface area contributed by atoms with E-state index in [9.17, 15) is 14.7 Å². The van der Waals surface area contributed by atoms with Gasteiger partial charge in [0.05, 0.1) is 12.1 Å². The number of likely N-dealkylation sites (tertiary alicyclic amines) is 1. The van der Waals surface area contributed by atoms with Crippen molar-refractivity contribution in [1.29, 1.82) is 0 Å². The molecule has 1 aromatic rings. The van der Waals surface area contributed by atoms with Crippen molar-refractivity contribution < 1.29 is 19.4 Å². The van der Waals surface area contributed by atoms with Gasteiger partial charge >= 0.3 is 11.9 Å². The number of aryl methyl sites for hydroxylation is 1. The van der Waals surface area contributed by atoms with E-state index < -0.39 is 23.8 Å². The Labute approximate surface area is 149 Å². The first-order chi connectivity index (χ1) is 11.6. The highest BCUT2D eigenvalue weighted by Crippen LogP contribution is 2.31. The summed E-state index contributed by atoms with van der Waals surface area (Å²) in [6, 6.07) is 6.62. The van der Waals surface area contributed by atoms with Gasteiger partial charge in [0, 0.05) is 6.54 Å². The third kappa shape index (κ3) is 5.03. The fourth-order valence-corrected chi connectivity index (χ4v) is 3.16. The van der Waals surface area contributed by atoms with E-state index in [0.717, 1.165) is 5.56 Å². The molecular formula is C19H28N2O4. The molecule has 3 N–H and O–H groups in total. The number of carbonyl (C=O) groups excluding carboxylic acids is 1. The summed E-state index contributed by atoms with van der Waals surface area (Å²) in [5.41, 5.74) is 7.46. The molecule has 1 fully saturated rings. The molecule has 0 bridgehead atoms. The van der Waals surface area contributed by atoms with Gasteiger partial charge in [-0.2, -0.15) is 0 Å². The molecular weight excluding hydrogens is 320 g/mol. The first kappa shape index (κ1) is 19.4. The average Bonchev–Trinajstić information content (AvgIpc) is 2.49. The van der Waals surface area contributed by atoms with Gasteiger partial charge < -0.3 is 15.6 Å². The number of esters is 1. The van der Waals surface area contributed by atoms with Crippen molar-refractivity contribution in [3.8, 4) is 0 Å². The van der Waals surface area contributed by atoms with Gasteiger partial charge in [-0.15, -0.1) is 0 Å². The molecule has 0 amide bonds. The highest BCUT2D eigenvalue weighted by molar-refractivity contribution is 5.76. The van der Waals surface area contributed by atoms with Gasteiger partial charge in [0.25, 0.3) is 0 Å². The first-order valence-electron chi connectivity index (χ1n) is 8.62. The Kier molecular flexibility index (Phi) is 5.85. The summed E-state index contributed by atoms with van der Waals surface area (Å²) >= 11 is 0. The summed E-state index contributed by atoms with van der Waals surface area (Å²) < 4.78 is 5.44. The summed E-state index contributed by atoms with van der Waals surface area (Å²) in [6.07, 6.45) is 0.427. The third-order valence-electron chi connectivity index (χ3n) is 4.39. The van der Waals surface area contributed by atoms with Crippen molar-refractivity contribution in [3.63, 3.8) is 0 Å². The molecule has 138 valence electrons. The molecule has 6 nitrogen and oxygen atoms in total. The number of carboxylic acid groups (broad SMARTS) is 1. The molecule has 25 heavy (non-hydrogen) atoms. The molecule has 0 aliphatic carbocycles. The lowest BCUT2D eigenvalue weighted by atomic mass is 9.91. The Bertz CT molecular complexity index is 621. The molecule has 0 unspecified atom stereocenters. The number of ether oxygens (including phenoxy) is 1. The summed E-state index contributed by atoms with van der Waals surface area (Å²) in [4.78, 5) is 25.9. The minimum Gasteiger partial charge on any atom is -0.480 e. The van der Waals surface area contributed by atoms with Gasteiger partial charge in [0.2, 0.25) is 0 Å². The van der Waals surface area contributed by atoms with Gasteiger partial charge in [0.1, 0.15) is 11.6 Å². The zero-order valence-electron chi connectivity index (χ0n) is 15.4. The number of hydrogen-bond donors (Lipinski definition) is 2. The van der Waals surface area contributed by atoms with E-state index in [1.54, 1.807) is 4.90 Å². The van der Waals surface area contributed by atoms with Crippen LogP contribution in [0.5, 0.6) is 0 Å². The standard InChI is InChI=1S/C19H28N2O4/c1-12-5-7-13(8-6-12)16(17(22)23)21-10-9-14(11-15(21)20)18(24)25-19(2,3)4/h5-8,14-16H,9-11,20H2,1-4H3,(H,22,23)/t14-,15-,16-/m1/s1. The Balaban J connectivity index is 2.11. The van der Waals surface area contributed by atoms with Crippen molar-refractivity contribution >= 4 is 11.9 Å². The monoisotopic (exact) mass is 348 g/mol. The molecule has 0 radical (unpaired) electrons. The molecule has 1 aromatic carbocycles. The summed E-state index contributed by atoms with van der Waals surface area (Å²) in [5.74, 6) is -1.49. The Morgan fingerprint density at radius 3 is 2.36 bits per heavy atom. The number of nitrogens with two attached hydrogens (primary N) is 1. The molecule has 1 heterocycles. The molecule has 0 saturated carbocycles. The Hall–Kier alpha value is -1.92. The zero-order chi connectivity index (χ0) is 18.8. The molecule has 6 heteroatoms. The predicted molar refractivity (Wildman–Crippen MR) is 94.8 cm³/mol. The second kappa shape index (κ2) is 7.54. The van der Waals surface area contributed by atoms with E-state index in [0.29, 0.717) is 24.9 Å². The summed E-state index contributed by atoms with van der Waals surface area (Å²) in [7, 11) is 0. The normalized spacial score (nSPS) is 23.1. The van der Waals surface area contributed by atoms with Crippen LogP contribution in [0.25, 0.3) is 0 Å². The number of carboxylic acids is 1. The highest BCUT2D eigenvalue weighted by Gasteiger charge is 2.38. The van der Waals surface area contributed by atoms with E-state index in [1.807, 2.05) is 52.0 Å². The molecule has 0 aromatic heterocycles. The van der Waals surface area contributed by atoms with Gasteiger partial charge in [-0.25, -0.2) is 0 Å². The van der Waals surface area contributed by atoms with Crippen LogP contribution in [-0.2, 0) is 14.3 Å².